The molecule has 3 rings (SSSR count). The van der Waals surface area contributed by atoms with Crippen molar-refractivity contribution in [3.05, 3.63) is 59.4 Å². The summed E-state index contributed by atoms with van der Waals surface area (Å²) in [6.07, 6.45) is 0. The molecule has 1 saturated heterocycles. The van der Waals surface area contributed by atoms with Crippen molar-refractivity contribution in [1.82, 2.24) is 9.62 Å². The number of carbonyl (C=O) groups is 1. The van der Waals surface area contributed by atoms with Crippen molar-refractivity contribution in [3.8, 4) is 0 Å². The molecule has 0 aliphatic carbocycles. The predicted octanol–water partition coefficient (Wildman–Crippen LogP) is 2.62. The molecule has 1 aliphatic rings. The first kappa shape index (κ1) is 23.2. The summed E-state index contributed by atoms with van der Waals surface area (Å²) >= 11 is 0. The monoisotopic (exact) mass is 449 g/mol. The van der Waals surface area contributed by atoms with Gasteiger partial charge in [-0.3, -0.25) is 4.79 Å². The van der Waals surface area contributed by atoms with E-state index < -0.39 is 15.9 Å². The summed E-state index contributed by atoms with van der Waals surface area (Å²) in [7, 11) is -3.72. The molecule has 2 aromatic carbocycles. The first-order chi connectivity index (χ1) is 14.9. The molecule has 1 heterocycles. The van der Waals surface area contributed by atoms with Gasteiger partial charge in [-0.1, -0.05) is 26.0 Å². The van der Waals surface area contributed by atoms with Gasteiger partial charge < -0.3 is 15.0 Å². The first-order valence-corrected chi connectivity index (χ1v) is 11.8. The zero-order chi connectivity index (χ0) is 22.4. The Labute approximate surface area is 182 Å². The van der Waals surface area contributed by atoms with Crippen molar-refractivity contribution >= 4 is 21.6 Å². The number of anilines is 1. The molecule has 1 N–H and O–H groups in total. The number of hydrogen-bond acceptors (Lipinski definition) is 5. The van der Waals surface area contributed by atoms with Gasteiger partial charge in [0.05, 0.1) is 23.7 Å². The lowest BCUT2D eigenvalue weighted by Crippen LogP contribution is -2.38. The molecule has 2 aromatic rings. The molecule has 1 aliphatic heterocycles. The van der Waals surface area contributed by atoms with Gasteiger partial charge in [0.1, 0.15) is 5.82 Å². The summed E-state index contributed by atoms with van der Waals surface area (Å²) in [5.74, 6) is -0.796. The van der Waals surface area contributed by atoms with Crippen LogP contribution >= 0.6 is 0 Å². The molecule has 1 amide bonds. The van der Waals surface area contributed by atoms with E-state index in [4.69, 9.17) is 4.74 Å². The minimum absolute atomic E-state index is 0.0733. The SMILES string of the molecule is CCN(CC)S(=O)(=O)c1ccc(N2CCOCC2)c(C(=O)NCc2cccc(F)c2)c1. The molecule has 9 heteroatoms. The van der Waals surface area contributed by atoms with E-state index in [9.17, 15) is 17.6 Å². The molecule has 0 spiro atoms. The molecule has 0 atom stereocenters. The fraction of sp³-hybridized carbons (Fsp3) is 0.409. The number of hydrogen-bond donors (Lipinski definition) is 1. The maximum absolute atomic E-state index is 13.4. The Morgan fingerprint density at radius 2 is 1.84 bits per heavy atom. The molecule has 168 valence electrons. The van der Waals surface area contributed by atoms with Gasteiger partial charge in [0.25, 0.3) is 5.91 Å². The lowest BCUT2D eigenvalue weighted by atomic mass is 10.1. The van der Waals surface area contributed by atoms with E-state index in [1.54, 1.807) is 38.1 Å². The van der Waals surface area contributed by atoms with Crippen molar-refractivity contribution in [2.75, 3.05) is 44.3 Å². The van der Waals surface area contributed by atoms with Crippen LogP contribution in [-0.4, -0.2) is 58.0 Å². The third-order valence-electron chi connectivity index (χ3n) is 5.25. The highest BCUT2D eigenvalue weighted by Gasteiger charge is 2.26. The van der Waals surface area contributed by atoms with Crippen LogP contribution in [-0.2, 0) is 21.3 Å². The number of ether oxygens (including phenoxy) is 1. The fourth-order valence-corrected chi connectivity index (χ4v) is 5.06. The summed E-state index contributed by atoms with van der Waals surface area (Å²) in [6.45, 7) is 6.63. The lowest BCUT2D eigenvalue weighted by Gasteiger charge is -2.30. The highest BCUT2D eigenvalue weighted by Crippen LogP contribution is 2.27. The highest BCUT2D eigenvalue weighted by atomic mass is 32.2. The molecule has 31 heavy (non-hydrogen) atoms. The van der Waals surface area contributed by atoms with Crippen LogP contribution in [0.25, 0.3) is 0 Å². The summed E-state index contributed by atoms with van der Waals surface area (Å²) < 4.78 is 46.2. The molecule has 0 bridgehead atoms. The van der Waals surface area contributed by atoms with Gasteiger partial charge in [-0.15, -0.1) is 0 Å². The normalized spacial score (nSPS) is 14.6. The van der Waals surface area contributed by atoms with Gasteiger partial charge >= 0.3 is 0 Å². The third-order valence-corrected chi connectivity index (χ3v) is 7.30. The van der Waals surface area contributed by atoms with Crippen molar-refractivity contribution in [2.24, 2.45) is 0 Å². The summed E-state index contributed by atoms with van der Waals surface area (Å²) in [6, 6.07) is 10.6. The van der Waals surface area contributed by atoms with E-state index in [-0.39, 0.29) is 22.8 Å². The molecule has 0 radical (unpaired) electrons. The van der Waals surface area contributed by atoms with Crippen LogP contribution in [0, 0.1) is 5.82 Å². The van der Waals surface area contributed by atoms with Crippen molar-refractivity contribution in [1.29, 1.82) is 0 Å². The van der Waals surface area contributed by atoms with E-state index in [0.717, 1.165) is 0 Å². The summed E-state index contributed by atoms with van der Waals surface area (Å²) in [5, 5.41) is 2.79. The van der Waals surface area contributed by atoms with E-state index >= 15 is 0 Å². The number of morpholine rings is 1. The molecule has 0 unspecified atom stereocenters. The topological polar surface area (TPSA) is 79.0 Å². The number of nitrogens with one attached hydrogen (secondary N) is 1. The number of sulfonamides is 1. The highest BCUT2D eigenvalue weighted by molar-refractivity contribution is 7.89. The van der Waals surface area contributed by atoms with Gasteiger partial charge in [-0.05, 0) is 35.9 Å². The van der Waals surface area contributed by atoms with Crippen LogP contribution in [0.15, 0.2) is 47.4 Å². The minimum Gasteiger partial charge on any atom is -0.378 e. The third kappa shape index (κ3) is 5.41. The predicted molar refractivity (Wildman–Crippen MR) is 117 cm³/mol. The molecular weight excluding hydrogens is 421 g/mol. The lowest BCUT2D eigenvalue weighted by molar-refractivity contribution is 0.0949. The standard InChI is InChI=1S/C22H28FN3O4S/c1-3-26(4-2)31(28,29)19-8-9-21(25-10-12-30-13-11-25)20(15-19)22(27)24-16-17-6-5-7-18(23)14-17/h5-9,14-15H,3-4,10-13,16H2,1-2H3,(H,24,27). The first-order valence-electron chi connectivity index (χ1n) is 10.4. The molecule has 1 fully saturated rings. The number of rotatable bonds is 8. The Kier molecular flexibility index (Phi) is 7.64. The van der Waals surface area contributed by atoms with Crippen molar-refractivity contribution in [2.45, 2.75) is 25.3 Å². The number of halogens is 1. The zero-order valence-corrected chi connectivity index (χ0v) is 18.6. The molecule has 7 nitrogen and oxygen atoms in total. The van der Waals surface area contributed by atoms with E-state index in [2.05, 4.69) is 5.32 Å². The Hall–Kier alpha value is -2.49. The second-order valence-electron chi connectivity index (χ2n) is 7.18. The van der Waals surface area contributed by atoms with Crippen LogP contribution in [0.5, 0.6) is 0 Å². The van der Waals surface area contributed by atoms with Gasteiger partial charge in [-0.25, -0.2) is 12.8 Å². The molecular formula is C22H28FN3O4S. The maximum Gasteiger partial charge on any atom is 0.253 e. The van der Waals surface area contributed by atoms with Crippen LogP contribution in [0.3, 0.4) is 0 Å². The second kappa shape index (κ2) is 10.2. The zero-order valence-electron chi connectivity index (χ0n) is 17.8. The number of amides is 1. The Balaban J connectivity index is 1.94. The Morgan fingerprint density at radius 3 is 2.48 bits per heavy atom. The van der Waals surface area contributed by atoms with Crippen LogP contribution in [0.4, 0.5) is 10.1 Å². The fourth-order valence-electron chi connectivity index (χ4n) is 3.57. The second-order valence-corrected chi connectivity index (χ2v) is 9.12. The average molecular weight is 450 g/mol. The van der Waals surface area contributed by atoms with Crippen molar-refractivity contribution < 1.29 is 22.3 Å². The number of carbonyl (C=O) groups excluding carboxylic acids is 1. The Bertz CT molecular complexity index is 1020. The molecule has 0 saturated carbocycles. The summed E-state index contributed by atoms with van der Waals surface area (Å²) in [5.41, 5.74) is 1.54. The smallest absolute Gasteiger partial charge is 0.253 e. The number of benzene rings is 2. The minimum atomic E-state index is -3.72. The largest absolute Gasteiger partial charge is 0.378 e. The quantitative estimate of drug-likeness (QED) is 0.670. The van der Waals surface area contributed by atoms with Gasteiger partial charge in [0.2, 0.25) is 10.0 Å². The van der Waals surface area contributed by atoms with Crippen LogP contribution < -0.4 is 10.2 Å². The average Bonchev–Trinajstić information content (AvgIpc) is 2.78. The number of nitrogens with zero attached hydrogens (tertiary/aromatic N) is 2. The van der Waals surface area contributed by atoms with E-state index in [1.165, 1.54) is 22.5 Å². The van der Waals surface area contributed by atoms with Gasteiger partial charge in [0, 0.05) is 38.4 Å². The van der Waals surface area contributed by atoms with Crippen LogP contribution in [0.1, 0.15) is 29.8 Å². The maximum atomic E-state index is 13.4. The van der Waals surface area contributed by atoms with Gasteiger partial charge in [0.15, 0.2) is 0 Å². The Morgan fingerprint density at radius 1 is 1.13 bits per heavy atom. The van der Waals surface area contributed by atoms with Gasteiger partial charge in [-0.2, -0.15) is 4.31 Å². The van der Waals surface area contributed by atoms with E-state index in [1.807, 2.05) is 4.90 Å². The van der Waals surface area contributed by atoms with Crippen molar-refractivity contribution in [3.63, 3.8) is 0 Å². The summed E-state index contributed by atoms with van der Waals surface area (Å²) in [4.78, 5) is 15.2. The molecule has 0 aromatic heterocycles. The van der Waals surface area contributed by atoms with E-state index in [0.29, 0.717) is 50.6 Å². The van der Waals surface area contributed by atoms with Crippen LogP contribution in [0.2, 0.25) is 0 Å².